The summed E-state index contributed by atoms with van der Waals surface area (Å²) in [6.07, 6.45) is 0.837. The van der Waals surface area contributed by atoms with Crippen LogP contribution in [0.5, 0.6) is 5.75 Å². The predicted octanol–water partition coefficient (Wildman–Crippen LogP) is 3.77. The van der Waals surface area contributed by atoms with Crippen molar-refractivity contribution in [3.05, 3.63) is 18.2 Å². The fraction of sp³-hybridized carbons (Fsp3) is 0.579. The lowest BCUT2D eigenvalue weighted by atomic mass is 9.93. The Morgan fingerprint density at radius 3 is 2.60 bits per heavy atom. The van der Waals surface area contributed by atoms with Gasteiger partial charge in [0.1, 0.15) is 12.4 Å². The molecule has 0 atom stereocenters. The van der Waals surface area contributed by atoms with Crippen LogP contribution in [0.25, 0.3) is 0 Å². The zero-order chi connectivity index (χ0) is 18.8. The third-order valence-corrected chi connectivity index (χ3v) is 3.86. The van der Waals surface area contributed by atoms with E-state index in [4.69, 9.17) is 4.74 Å². The van der Waals surface area contributed by atoms with Crippen molar-refractivity contribution in [1.82, 2.24) is 5.32 Å². The molecule has 0 saturated carbocycles. The van der Waals surface area contributed by atoms with Gasteiger partial charge in [0.25, 0.3) is 0 Å². The van der Waals surface area contributed by atoms with E-state index in [9.17, 15) is 9.59 Å². The fourth-order valence-corrected chi connectivity index (χ4v) is 2.67. The number of nitrogens with zero attached hydrogens (tertiary/aromatic N) is 1. The van der Waals surface area contributed by atoms with E-state index in [-0.39, 0.29) is 17.5 Å². The average Bonchev–Trinajstić information content (AvgIpc) is 2.56. The first-order chi connectivity index (χ1) is 11.5. The number of anilines is 2. The molecule has 6 nitrogen and oxygen atoms in total. The first-order valence-corrected chi connectivity index (χ1v) is 8.71. The summed E-state index contributed by atoms with van der Waals surface area (Å²) in [5.41, 5.74) is 0.405. The minimum atomic E-state index is -0.592. The number of hydrogen-bond donors (Lipinski definition) is 2. The van der Waals surface area contributed by atoms with E-state index >= 15 is 0 Å². The summed E-state index contributed by atoms with van der Waals surface area (Å²) in [5.74, 6) is 0.693. The van der Waals surface area contributed by atoms with Crippen molar-refractivity contribution in [2.45, 2.75) is 53.5 Å². The molecule has 0 unspecified atom stereocenters. The molecule has 1 heterocycles. The van der Waals surface area contributed by atoms with E-state index in [1.165, 1.54) is 0 Å². The molecule has 1 aliphatic rings. The van der Waals surface area contributed by atoms with Gasteiger partial charge in [0.2, 0.25) is 5.91 Å². The second-order valence-electron chi connectivity index (χ2n) is 8.14. The lowest BCUT2D eigenvalue weighted by Crippen LogP contribution is -2.43. The highest BCUT2D eigenvalue weighted by Gasteiger charge is 2.37. The molecule has 1 aliphatic heterocycles. The predicted molar refractivity (Wildman–Crippen MR) is 100 cm³/mol. The first kappa shape index (κ1) is 19.1. The second-order valence-corrected chi connectivity index (χ2v) is 8.14. The van der Waals surface area contributed by atoms with Crippen molar-refractivity contribution in [3.63, 3.8) is 0 Å². The third-order valence-electron chi connectivity index (χ3n) is 3.86. The summed E-state index contributed by atoms with van der Waals surface area (Å²) in [6.45, 7) is 12.5. The molecule has 0 fully saturated rings. The van der Waals surface area contributed by atoms with Gasteiger partial charge >= 0.3 is 6.03 Å². The lowest BCUT2D eigenvalue weighted by molar-refractivity contribution is -0.127. The van der Waals surface area contributed by atoms with Gasteiger partial charge in [-0.2, -0.15) is 0 Å². The standard InChI is InChI=1S/C19H29N3O3/c1-7-10-22-14-11-13(20-17(24)21-18(2,3)4)8-9-15(14)25-12-19(5,6)16(22)23/h8-9,11H,7,10,12H2,1-6H3,(H2,20,21,24). The maximum Gasteiger partial charge on any atom is 0.319 e. The molecule has 25 heavy (non-hydrogen) atoms. The maximum absolute atomic E-state index is 12.9. The molecule has 2 rings (SSSR count). The number of carbonyl (C=O) groups excluding carboxylic acids is 2. The van der Waals surface area contributed by atoms with Gasteiger partial charge in [0.15, 0.2) is 0 Å². The van der Waals surface area contributed by atoms with Gasteiger partial charge < -0.3 is 20.3 Å². The lowest BCUT2D eigenvalue weighted by Gasteiger charge is -2.28. The van der Waals surface area contributed by atoms with Crippen molar-refractivity contribution in [2.75, 3.05) is 23.4 Å². The SMILES string of the molecule is CCCN1C(=O)C(C)(C)COc2ccc(NC(=O)NC(C)(C)C)cc21. The van der Waals surface area contributed by atoms with Crippen LogP contribution in [-0.2, 0) is 4.79 Å². The van der Waals surface area contributed by atoms with E-state index in [2.05, 4.69) is 10.6 Å². The topological polar surface area (TPSA) is 70.7 Å². The van der Waals surface area contributed by atoms with Gasteiger partial charge in [0.05, 0.1) is 11.1 Å². The molecule has 0 aliphatic carbocycles. The molecular weight excluding hydrogens is 318 g/mol. The molecule has 2 N–H and O–H groups in total. The van der Waals surface area contributed by atoms with Crippen LogP contribution in [0.4, 0.5) is 16.2 Å². The smallest absolute Gasteiger partial charge is 0.319 e. The number of amides is 3. The first-order valence-electron chi connectivity index (χ1n) is 8.71. The van der Waals surface area contributed by atoms with E-state index in [0.29, 0.717) is 30.3 Å². The zero-order valence-corrected chi connectivity index (χ0v) is 16.0. The minimum absolute atomic E-state index is 0.0318. The molecule has 1 aromatic rings. The molecule has 138 valence electrons. The Hall–Kier alpha value is -2.24. The highest BCUT2D eigenvalue weighted by molar-refractivity contribution is 6.00. The van der Waals surface area contributed by atoms with Crippen LogP contribution in [0.2, 0.25) is 0 Å². The van der Waals surface area contributed by atoms with Crippen LogP contribution in [0.1, 0.15) is 48.0 Å². The zero-order valence-electron chi connectivity index (χ0n) is 16.0. The fourth-order valence-electron chi connectivity index (χ4n) is 2.67. The summed E-state index contributed by atoms with van der Waals surface area (Å²) < 4.78 is 5.86. The number of fused-ring (bicyclic) bond motifs is 1. The summed E-state index contributed by atoms with van der Waals surface area (Å²) in [6, 6.07) is 5.11. The molecule has 0 aromatic heterocycles. The Labute approximate surface area is 149 Å². The van der Waals surface area contributed by atoms with E-state index in [1.807, 2.05) is 41.5 Å². The van der Waals surface area contributed by atoms with Gasteiger partial charge in [-0.25, -0.2) is 4.79 Å². The largest absolute Gasteiger partial charge is 0.490 e. The number of ether oxygens (including phenoxy) is 1. The third kappa shape index (κ3) is 4.65. The second kappa shape index (κ2) is 6.94. The summed E-state index contributed by atoms with van der Waals surface area (Å²) in [5, 5.41) is 5.68. The minimum Gasteiger partial charge on any atom is -0.490 e. The van der Waals surface area contributed by atoms with Gasteiger partial charge in [-0.05, 0) is 59.2 Å². The Morgan fingerprint density at radius 2 is 2.00 bits per heavy atom. The van der Waals surface area contributed by atoms with Crippen LogP contribution in [0.3, 0.4) is 0 Å². The molecule has 6 heteroatoms. The monoisotopic (exact) mass is 347 g/mol. The van der Waals surface area contributed by atoms with E-state index in [1.54, 1.807) is 23.1 Å². The maximum atomic E-state index is 12.9. The van der Waals surface area contributed by atoms with Crippen LogP contribution >= 0.6 is 0 Å². The molecule has 0 spiro atoms. The van der Waals surface area contributed by atoms with Crippen molar-refractivity contribution in [3.8, 4) is 5.75 Å². The number of rotatable bonds is 3. The quantitative estimate of drug-likeness (QED) is 0.874. The molecule has 3 amide bonds. The Kier molecular flexibility index (Phi) is 5.30. The number of benzene rings is 1. The molecule has 0 bridgehead atoms. The highest BCUT2D eigenvalue weighted by atomic mass is 16.5. The summed E-state index contributed by atoms with van der Waals surface area (Å²) in [7, 11) is 0. The van der Waals surface area contributed by atoms with Crippen molar-refractivity contribution >= 4 is 23.3 Å². The van der Waals surface area contributed by atoms with E-state index in [0.717, 1.165) is 6.42 Å². The highest BCUT2D eigenvalue weighted by Crippen LogP contribution is 2.38. The van der Waals surface area contributed by atoms with Crippen LogP contribution < -0.4 is 20.3 Å². The average molecular weight is 347 g/mol. The van der Waals surface area contributed by atoms with Crippen molar-refractivity contribution in [1.29, 1.82) is 0 Å². The number of hydrogen-bond acceptors (Lipinski definition) is 3. The number of urea groups is 1. The van der Waals surface area contributed by atoms with Gasteiger partial charge in [-0.3, -0.25) is 4.79 Å². The Balaban J connectivity index is 2.32. The van der Waals surface area contributed by atoms with Crippen LogP contribution in [0.15, 0.2) is 18.2 Å². The Bertz CT molecular complexity index is 662. The van der Waals surface area contributed by atoms with Crippen LogP contribution in [-0.4, -0.2) is 30.6 Å². The van der Waals surface area contributed by atoms with Crippen molar-refractivity contribution in [2.24, 2.45) is 5.41 Å². The number of carbonyl (C=O) groups is 2. The van der Waals surface area contributed by atoms with Crippen molar-refractivity contribution < 1.29 is 14.3 Å². The molecule has 0 radical (unpaired) electrons. The van der Waals surface area contributed by atoms with Gasteiger partial charge in [-0.15, -0.1) is 0 Å². The summed E-state index contributed by atoms with van der Waals surface area (Å²) >= 11 is 0. The molecule has 0 saturated heterocycles. The normalized spacial score (nSPS) is 16.6. The summed E-state index contributed by atoms with van der Waals surface area (Å²) in [4.78, 5) is 26.8. The van der Waals surface area contributed by atoms with Crippen LogP contribution in [0, 0.1) is 5.41 Å². The van der Waals surface area contributed by atoms with E-state index < -0.39 is 5.41 Å². The molecular formula is C19H29N3O3. The van der Waals surface area contributed by atoms with Gasteiger partial charge in [0, 0.05) is 17.8 Å². The molecule has 1 aromatic carbocycles. The number of nitrogens with one attached hydrogen (secondary N) is 2. The Morgan fingerprint density at radius 1 is 1.32 bits per heavy atom. The van der Waals surface area contributed by atoms with Gasteiger partial charge in [-0.1, -0.05) is 6.92 Å².